The van der Waals surface area contributed by atoms with Crippen molar-refractivity contribution in [1.82, 2.24) is 4.90 Å². The summed E-state index contributed by atoms with van der Waals surface area (Å²) in [5, 5.41) is 0. The van der Waals surface area contributed by atoms with Gasteiger partial charge in [-0.15, -0.1) is 0 Å². The topological polar surface area (TPSA) is 20.3 Å². The minimum atomic E-state index is 0.179. The third-order valence-corrected chi connectivity index (χ3v) is 3.19. The van der Waals surface area contributed by atoms with Crippen molar-refractivity contribution in [2.75, 3.05) is 0 Å². The van der Waals surface area contributed by atoms with Crippen molar-refractivity contribution >= 4 is 5.91 Å². The molecule has 0 aromatic heterocycles. The van der Waals surface area contributed by atoms with E-state index in [9.17, 15) is 4.79 Å². The summed E-state index contributed by atoms with van der Waals surface area (Å²) in [6.45, 7) is 0.765. The zero-order chi connectivity index (χ0) is 10.3. The Labute approximate surface area is 89.2 Å². The number of hydrogen-bond donors (Lipinski definition) is 0. The van der Waals surface area contributed by atoms with Crippen LogP contribution in [0.4, 0.5) is 0 Å². The van der Waals surface area contributed by atoms with Crippen LogP contribution in [0.2, 0.25) is 0 Å². The minimum absolute atomic E-state index is 0.179. The Balaban J connectivity index is 1.96. The van der Waals surface area contributed by atoms with Crippen molar-refractivity contribution in [2.24, 2.45) is 0 Å². The molecule has 2 nitrogen and oxygen atoms in total. The molecule has 0 fully saturated rings. The van der Waals surface area contributed by atoms with Crippen LogP contribution in [0.15, 0.2) is 36.0 Å². The first-order valence-corrected chi connectivity index (χ1v) is 5.45. The number of carbonyl (C=O) groups excluding carboxylic acids is 1. The Morgan fingerprint density at radius 1 is 1.20 bits per heavy atom. The van der Waals surface area contributed by atoms with Crippen LogP contribution in [0.25, 0.3) is 0 Å². The highest BCUT2D eigenvalue weighted by Crippen LogP contribution is 2.30. The molecule has 0 N–H and O–H groups in total. The SMILES string of the molecule is O=C1c2ccccc2CN1C1=CCCC1. The molecule has 1 aromatic rings. The highest BCUT2D eigenvalue weighted by molar-refractivity contribution is 5.99. The standard InChI is InChI=1S/C13H13NO/c15-13-12-8-4-1-5-10(12)9-14(13)11-6-2-3-7-11/h1,4-6,8H,2-3,7,9H2. The lowest BCUT2D eigenvalue weighted by Crippen LogP contribution is -2.22. The molecule has 1 aromatic carbocycles. The second-order valence-corrected chi connectivity index (χ2v) is 4.14. The molecule has 0 unspecified atom stereocenters. The van der Waals surface area contributed by atoms with Gasteiger partial charge in [0.05, 0.1) is 6.54 Å². The van der Waals surface area contributed by atoms with E-state index in [0.29, 0.717) is 0 Å². The lowest BCUT2D eigenvalue weighted by molar-refractivity contribution is 0.0823. The Kier molecular flexibility index (Phi) is 1.88. The highest BCUT2D eigenvalue weighted by Gasteiger charge is 2.29. The average Bonchev–Trinajstić information content (AvgIpc) is 2.87. The van der Waals surface area contributed by atoms with Crippen LogP contribution in [-0.4, -0.2) is 10.8 Å². The molecule has 3 rings (SSSR count). The smallest absolute Gasteiger partial charge is 0.258 e. The molecule has 2 aliphatic rings. The maximum absolute atomic E-state index is 12.1. The molecule has 0 saturated heterocycles. The number of benzene rings is 1. The second kappa shape index (κ2) is 3.23. The highest BCUT2D eigenvalue weighted by atomic mass is 16.2. The molecule has 0 saturated carbocycles. The first kappa shape index (κ1) is 8.72. The molecular formula is C13H13NO. The second-order valence-electron chi connectivity index (χ2n) is 4.14. The van der Waals surface area contributed by atoms with Gasteiger partial charge in [-0.05, 0) is 30.9 Å². The molecule has 0 bridgehead atoms. The van der Waals surface area contributed by atoms with E-state index in [1.54, 1.807) is 0 Å². The van der Waals surface area contributed by atoms with Gasteiger partial charge in [0.15, 0.2) is 0 Å². The summed E-state index contributed by atoms with van der Waals surface area (Å²) in [6.07, 6.45) is 5.56. The van der Waals surface area contributed by atoms with E-state index in [-0.39, 0.29) is 5.91 Å². The predicted molar refractivity (Wildman–Crippen MR) is 58.2 cm³/mol. The third-order valence-electron chi connectivity index (χ3n) is 3.19. The van der Waals surface area contributed by atoms with Gasteiger partial charge in [0.2, 0.25) is 0 Å². The van der Waals surface area contributed by atoms with Crippen molar-refractivity contribution in [3.05, 3.63) is 47.2 Å². The van der Waals surface area contributed by atoms with Crippen LogP contribution < -0.4 is 0 Å². The number of allylic oxidation sites excluding steroid dienone is 2. The normalized spacial score (nSPS) is 19.3. The van der Waals surface area contributed by atoms with Crippen molar-refractivity contribution in [3.63, 3.8) is 0 Å². The third kappa shape index (κ3) is 1.29. The Morgan fingerprint density at radius 2 is 2.07 bits per heavy atom. The molecule has 1 amide bonds. The maximum atomic E-state index is 12.1. The van der Waals surface area contributed by atoms with Crippen LogP contribution in [0.3, 0.4) is 0 Å². The first-order valence-electron chi connectivity index (χ1n) is 5.45. The average molecular weight is 199 g/mol. The fraction of sp³-hybridized carbons (Fsp3) is 0.308. The zero-order valence-electron chi connectivity index (χ0n) is 8.57. The Morgan fingerprint density at radius 3 is 2.80 bits per heavy atom. The maximum Gasteiger partial charge on any atom is 0.258 e. The summed E-state index contributed by atoms with van der Waals surface area (Å²) in [7, 11) is 0. The summed E-state index contributed by atoms with van der Waals surface area (Å²) >= 11 is 0. The van der Waals surface area contributed by atoms with Gasteiger partial charge < -0.3 is 4.90 Å². The Hall–Kier alpha value is -1.57. The first-order chi connectivity index (χ1) is 7.36. The molecule has 76 valence electrons. The van der Waals surface area contributed by atoms with E-state index >= 15 is 0 Å². The molecule has 0 spiro atoms. The van der Waals surface area contributed by atoms with Gasteiger partial charge in [0.1, 0.15) is 0 Å². The van der Waals surface area contributed by atoms with E-state index in [4.69, 9.17) is 0 Å². The summed E-state index contributed by atoms with van der Waals surface area (Å²) in [4.78, 5) is 14.0. The lowest BCUT2D eigenvalue weighted by atomic mass is 10.1. The van der Waals surface area contributed by atoms with E-state index in [0.717, 1.165) is 30.5 Å². The van der Waals surface area contributed by atoms with Gasteiger partial charge in [0.25, 0.3) is 5.91 Å². The van der Waals surface area contributed by atoms with Crippen molar-refractivity contribution < 1.29 is 4.79 Å². The van der Waals surface area contributed by atoms with E-state index < -0.39 is 0 Å². The van der Waals surface area contributed by atoms with Gasteiger partial charge in [-0.1, -0.05) is 24.3 Å². The predicted octanol–water partition coefficient (Wildman–Crippen LogP) is 2.71. The molecule has 15 heavy (non-hydrogen) atoms. The fourth-order valence-electron chi connectivity index (χ4n) is 2.39. The van der Waals surface area contributed by atoms with Crippen LogP contribution in [-0.2, 0) is 6.54 Å². The van der Waals surface area contributed by atoms with Gasteiger partial charge >= 0.3 is 0 Å². The van der Waals surface area contributed by atoms with Crippen molar-refractivity contribution in [3.8, 4) is 0 Å². The van der Waals surface area contributed by atoms with Crippen LogP contribution >= 0.6 is 0 Å². The van der Waals surface area contributed by atoms with Gasteiger partial charge in [0, 0.05) is 11.3 Å². The summed E-state index contributed by atoms with van der Waals surface area (Å²) in [5.41, 5.74) is 3.26. The summed E-state index contributed by atoms with van der Waals surface area (Å²) < 4.78 is 0. The molecule has 1 aliphatic carbocycles. The molecule has 1 heterocycles. The van der Waals surface area contributed by atoms with Gasteiger partial charge in [-0.25, -0.2) is 0 Å². The minimum Gasteiger partial charge on any atom is -0.308 e. The van der Waals surface area contributed by atoms with Crippen LogP contribution in [0.1, 0.15) is 35.2 Å². The quantitative estimate of drug-likeness (QED) is 0.681. The van der Waals surface area contributed by atoms with E-state index in [1.807, 2.05) is 29.2 Å². The largest absolute Gasteiger partial charge is 0.308 e. The number of fused-ring (bicyclic) bond motifs is 1. The zero-order valence-corrected chi connectivity index (χ0v) is 8.57. The fourth-order valence-corrected chi connectivity index (χ4v) is 2.39. The van der Waals surface area contributed by atoms with E-state index in [1.165, 1.54) is 12.1 Å². The number of hydrogen-bond acceptors (Lipinski definition) is 1. The van der Waals surface area contributed by atoms with Gasteiger partial charge in [-0.2, -0.15) is 0 Å². The molecule has 0 atom stereocenters. The summed E-state index contributed by atoms with van der Waals surface area (Å²) in [6, 6.07) is 7.90. The lowest BCUT2D eigenvalue weighted by Gasteiger charge is -2.16. The number of rotatable bonds is 1. The van der Waals surface area contributed by atoms with Crippen molar-refractivity contribution in [1.29, 1.82) is 0 Å². The molecular weight excluding hydrogens is 186 g/mol. The summed E-state index contributed by atoms with van der Waals surface area (Å²) in [5.74, 6) is 0.179. The number of carbonyl (C=O) groups is 1. The van der Waals surface area contributed by atoms with E-state index in [2.05, 4.69) is 6.08 Å². The monoisotopic (exact) mass is 199 g/mol. The van der Waals surface area contributed by atoms with Crippen LogP contribution in [0, 0.1) is 0 Å². The Bertz CT molecular complexity index is 448. The van der Waals surface area contributed by atoms with Crippen LogP contribution in [0.5, 0.6) is 0 Å². The number of amides is 1. The molecule has 1 aliphatic heterocycles. The van der Waals surface area contributed by atoms with Crippen molar-refractivity contribution in [2.45, 2.75) is 25.8 Å². The number of nitrogens with zero attached hydrogens (tertiary/aromatic N) is 1. The molecule has 2 heteroatoms. The molecule has 0 radical (unpaired) electrons. The van der Waals surface area contributed by atoms with Gasteiger partial charge in [-0.3, -0.25) is 4.79 Å².